The van der Waals surface area contributed by atoms with E-state index in [1.54, 1.807) is 18.5 Å². The van der Waals surface area contributed by atoms with Gasteiger partial charge in [-0.05, 0) is 73.8 Å². The maximum Gasteiger partial charge on any atom is 0.220 e. The highest BCUT2D eigenvalue weighted by Crippen LogP contribution is 2.48. The fourth-order valence-electron chi connectivity index (χ4n) is 5.23. The largest absolute Gasteiger partial charge is 0.491 e. The molecule has 1 aromatic carbocycles. The van der Waals surface area contributed by atoms with Crippen molar-refractivity contribution in [1.29, 1.82) is 0 Å². The number of carbonyl (C=O) groups excluding carboxylic acids is 1. The number of pyridine rings is 1. The lowest BCUT2D eigenvalue weighted by Gasteiger charge is -2.19. The second-order valence-corrected chi connectivity index (χ2v) is 9.65. The van der Waals surface area contributed by atoms with Crippen molar-refractivity contribution in [3.63, 3.8) is 0 Å². The molecular weight excluding hydrogens is 440 g/mol. The summed E-state index contributed by atoms with van der Waals surface area (Å²) < 4.78 is 5.62. The van der Waals surface area contributed by atoms with Crippen LogP contribution in [0.3, 0.4) is 0 Å². The van der Waals surface area contributed by atoms with Crippen LogP contribution < -0.4 is 10.1 Å². The molecule has 186 valence electrons. The molecule has 4 rings (SSSR count). The van der Waals surface area contributed by atoms with Gasteiger partial charge in [-0.3, -0.25) is 9.78 Å². The van der Waals surface area contributed by atoms with E-state index in [-0.39, 0.29) is 24.5 Å². The van der Waals surface area contributed by atoms with Gasteiger partial charge in [-0.15, -0.1) is 0 Å². The standard InChI is InChI=1S/C29H36N2O4/c32-24(20-35-25-7-2-1-3-8-25)10-11-26-27-17-22(16-23(27)18-28(26)33)6-4-5-9-29(34)31-19-21-12-14-30-15-13-21/h1-3,7-8,10-16,23-24,26-28,32-33H,4-6,9,17-20H2,(H,31,34)/b11-10+/t23-,24+,26+,27-,28+/m0/s1. The summed E-state index contributed by atoms with van der Waals surface area (Å²) >= 11 is 0. The molecule has 1 amide bonds. The van der Waals surface area contributed by atoms with Gasteiger partial charge in [0, 0.05) is 31.3 Å². The minimum absolute atomic E-state index is 0.0547. The summed E-state index contributed by atoms with van der Waals surface area (Å²) in [7, 11) is 0. The average Bonchev–Trinajstić information content (AvgIpc) is 3.40. The lowest BCUT2D eigenvalue weighted by molar-refractivity contribution is -0.121. The summed E-state index contributed by atoms with van der Waals surface area (Å²) in [6, 6.07) is 13.3. The molecule has 0 aliphatic heterocycles. The van der Waals surface area contributed by atoms with Gasteiger partial charge in [0.2, 0.25) is 5.91 Å². The number of aliphatic hydroxyl groups is 2. The second kappa shape index (κ2) is 12.7. The number of hydrogen-bond acceptors (Lipinski definition) is 5. The van der Waals surface area contributed by atoms with Gasteiger partial charge in [0.25, 0.3) is 0 Å². The molecule has 0 radical (unpaired) electrons. The number of carbonyl (C=O) groups is 1. The zero-order valence-electron chi connectivity index (χ0n) is 20.1. The second-order valence-electron chi connectivity index (χ2n) is 9.65. The monoisotopic (exact) mass is 476 g/mol. The van der Waals surface area contributed by atoms with Gasteiger partial charge in [-0.2, -0.15) is 0 Å². The Labute approximate surface area is 207 Å². The highest BCUT2D eigenvalue weighted by atomic mass is 16.5. The number of allylic oxidation sites excluding steroid dienone is 2. The SMILES string of the molecule is O=C(CCCCC1=C[C@H]2C[C@@H](O)[C@H](/C=C/[C@@H](O)COc3ccccc3)[C@H]2C1)NCc1ccncc1. The molecule has 2 aliphatic rings. The molecule has 1 fully saturated rings. The highest BCUT2D eigenvalue weighted by Gasteiger charge is 2.43. The molecule has 2 aliphatic carbocycles. The first kappa shape index (κ1) is 25.1. The number of rotatable bonds is 12. The fraction of sp³-hybridized carbons (Fsp3) is 0.448. The number of nitrogens with one attached hydrogen (secondary N) is 1. The number of fused-ring (bicyclic) bond motifs is 1. The molecule has 6 heteroatoms. The number of benzene rings is 1. The Hall–Kier alpha value is -2.96. The molecule has 2 aromatic rings. The Kier molecular flexibility index (Phi) is 9.09. The van der Waals surface area contributed by atoms with E-state index < -0.39 is 6.10 Å². The first-order valence-electron chi connectivity index (χ1n) is 12.7. The van der Waals surface area contributed by atoms with Crippen LogP contribution in [0.5, 0.6) is 5.75 Å². The van der Waals surface area contributed by atoms with Crippen molar-refractivity contribution in [2.45, 2.75) is 57.3 Å². The van der Waals surface area contributed by atoms with Crippen molar-refractivity contribution in [1.82, 2.24) is 10.3 Å². The number of amides is 1. The Morgan fingerprint density at radius 1 is 1.17 bits per heavy atom. The zero-order chi connectivity index (χ0) is 24.5. The van der Waals surface area contributed by atoms with Crippen LogP contribution in [0.15, 0.2) is 78.7 Å². The molecule has 1 heterocycles. The Morgan fingerprint density at radius 3 is 2.77 bits per heavy atom. The predicted octanol–water partition coefficient (Wildman–Crippen LogP) is 4.20. The van der Waals surface area contributed by atoms with Gasteiger partial charge in [0.1, 0.15) is 18.5 Å². The normalized spacial score (nSPS) is 24.2. The van der Waals surface area contributed by atoms with E-state index in [4.69, 9.17) is 4.74 Å². The minimum Gasteiger partial charge on any atom is -0.491 e. The van der Waals surface area contributed by atoms with Crippen molar-refractivity contribution in [3.8, 4) is 5.75 Å². The number of hydrogen-bond donors (Lipinski definition) is 3. The van der Waals surface area contributed by atoms with E-state index in [1.807, 2.05) is 48.5 Å². The molecule has 6 nitrogen and oxygen atoms in total. The van der Waals surface area contributed by atoms with Crippen LogP contribution in [-0.2, 0) is 11.3 Å². The number of ether oxygens (including phenoxy) is 1. The maximum atomic E-state index is 12.1. The molecule has 1 saturated carbocycles. The number of aliphatic hydroxyl groups excluding tert-OH is 2. The summed E-state index contributed by atoms with van der Waals surface area (Å²) in [5.41, 5.74) is 2.49. The van der Waals surface area contributed by atoms with Gasteiger partial charge < -0.3 is 20.3 Å². The quantitative estimate of drug-likeness (QED) is 0.316. The van der Waals surface area contributed by atoms with E-state index in [0.29, 0.717) is 24.8 Å². The lowest BCUT2D eigenvalue weighted by Crippen LogP contribution is -2.22. The smallest absolute Gasteiger partial charge is 0.220 e. The first-order valence-corrected chi connectivity index (χ1v) is 12.7. The molecule has 3 N–H and O–H groups in total. The van der Waals surface area contributed by atoms with E-state index in [0.717, 1.165) is 43.4 Å². The van der Waals surface area contributed by atoms with Crippen LogP contribution in [0, 0.1) is 17.8 Å². The summed E-state index contributed by atoms with van der Waals surface area (Å²) in [6.07, 6.45) is 13.6. The molecule has 35 heavy (non-hydrogen) atoms. The zero-order valence-corrected chi connectivity index (χ0v) is 20.1. The maximum absolute atomic E-state index is 12.1. The van der Waals surface area contributed by atoms with Gasteiger partial charge in [0.15, 0.2) is 0 Å². The summed E-state index contributed by atoms with van der Waals surface area (Å²) in [5, 5.41) is 23.8. The van der Waals surface area contributed by atoms with Gasteiger partial charge in [0.05, 0.1) is 6.10 Å². The minimum atomic E-state index is -0.708. The number of aromatic nitrogens is 1. The highest BCUT2D eigenvalue weighted by molar-refractivity contribution is 5.75. The Balaban J connectivity index is 1.15. The molecule has 0 bridgehead atoms. The third-order valence-corrected chi connectivity index (χ3v) is 7.06. The van der Waals surface area contributed by atoms with Crippen molar-refractivity contribution in [3.05, 3.63) is 84.2 Å². The summed E-state index contributed by atoms with van der Waals surface area (Å²) in [4.78, 5) is 16.1. The van der Waals surface area contributed by atoms with Crippen LogP contribution in [0.1, 0.15) is 44.1 Å². The summed E-state index contributed by atoms with van der Waals surface area (Å²) in [6.45, 7) is 0.733. The van der Waals surface area contributed by atoms with Crippen molar-refractivity contribution in [2.24, 2.45) is 17.8 Å². The molecule has 0 saturated heterocycles. The topological polar surface area (TPSA) is 91.7 Å². The third kappa shape index (κ3) is 7.51. The van der Waals surface area contributed by atoms with Gasteiger partial charge in [-0.1, -0.05) is 42.0 Å². The number of nitrogens with zero attached hydrogens (tertiary/aromatic N) is 1. The van der Waals surface area contributed by atoms with Crippen LogP contribution in [0.2, 0.25) is 0 Å². The third-order valence-electron chi connectivity index (χ3n) is 7.06. The molecule has 0 unspecified atom stereocenters. The van der Waals surface area contributed by atoms with E-state index in [2.05, 4.69) is 16.4 Å². The number of para-hydroxylation sites is 1. The van der Waals surface area contributed by atoms with Crippen LogP contribution in [0.25, 0.3) is 0 Å². The van der Waals surface area contributed by atoms with E-state index in [9.17, 15) is 15.0 Å². The van der Waals surface area contributed by atoms with E-state index >= 15 is 0 Å². The van der Waals surface area contributed by atoms with Crippen LogP contribution in [-0.4, -0.2) is 39.9 Å². The molecular formula is C29H36N2O4. The van der Waals surface area contributed by atoms with Gasteiger partial charge >= 0.3 is 0 Å². The predicted molar refractivity (Wildman–Crippen MR) is 135 cm³/mol. The Morgan fingerprint density at radius 2 is 1.97 bits per heavy atom. The van der Waals surface area contributed by atoms with E-state index in [1.165, 1.54) is 5.57 Å². The van der Waals surface area contributed by atoms with Crippen LogP contribution in [0.4, 0.5) is 0 Å². The molecule has 0 spiro atoms. The molecule has 5 atom stereocenters. The fourth-order valence-corrected chi connectivity index (χ4v) is 5.23. The first-order chi connectivity index (χ1) is 17.1. The van der Waals surface area contributed by atoms with Crippen molar-refractivity contribution < 1.29 is 19.7 Å². The van der Waals surface area contributed by atoms with Gasteiger partial charge in [-0.25, -0.2) is 0 Å². The van der Waals surface area contributed by atoms with Crippen molar-refractivity contribution in [2.75, 3.05) is 6.61 Å². The molecule has 1 aromatic heterocycles. The Bertz CT molecular complexity index is 992. The van der Waals surface area contributed by atoms with Crippen molar-refractivity contribution >= 4 is 5.91 Å². The van der Waals surface area contributed by atoms with Crippen LogP contribution >= 0.6 is 0 Å². The summed E-state index contributed by atoms with van der Waals surface area (Å²) in [5.74, 6) is 1.66. The average molecular weight is 477 g/mol. The number of unbranched alkanes of at least 4 members (excludes halogenated alkanes) is 1. The lowest BCUT2D eigenvalue weighted by atomic mass is 9.88.